The number of benzene rings is 1. The molecule has 26 heavy (non-hydrogen) atoms. The third-order valence-corrected chi connectivity index (χ3v) is 7.06. The van der Waals surface area contributed by atoms with Crippen LogP contribution in [0.4, 0.5) is 14.5 Å². The second-order valence-corrected chi connectivity index (χ2v) is 8.91. The van der Waals surface area contributed by atoms with Crippen molar-refractivity contribution in [1.82, 2.24) is 10.2 Å². The van der Waals surface area contributed by atoms with E-state index in [4.69, 9.17) is 4.42 Å². The summed E-state index contributed by atoms with van der Waals surface area (Å²) in [6.07, 6.45) is 3.16. The highest BCUT2D eigenvalue weighted by Gasteiger charge is 2.26. The maximum atomic E-state index is 13.7. The van der Waals surface area contributed by atoms with Crippen LogP contribution < -0.4 is 4.72 Å². The van der Waals surface area contributed by atoms with E-state index in [9.17, 15) is 17.2 Å². The van der Waals surface area contributed by atoms with E-state index < -0.39 is 21.7 Å². The van der Waals surface area contributed by atoms with Gasteiger partial charge in [-0.2, -0.15) is 0 Å². The van der Waals surface area contributed by atoms with E-state index >= 15 is 0 Å². The number of nitrogens with one attached hydrogen (secondary N) is 1. The SMILES string of the molecule is O=S(=O)(Nc1ccc(F)cc1F)c1ccc(-c2nnc(C3CCC3)o2)s1. The molecule has 0 aliphatic heterocycles. The molecule has 4 rings (SSSR count). The largest absolute Gasteiger partial charge is 0.420 e. The predicted octanol–water partition coefficient (Wildman–Crippen LogP) is 4.14. The standard InChI is InChI=1S/C16H13F2N3O3S2/c17-10-4-5-12(11(18)8-10)21-26(22,23)14-7-6-13(25-14)16-20-19-15(24-16)9-2-1-3-9/h4-9,21H,1-3H2. The highest BCUT2D eigenvalue weighted by Crippen LogP contribution is 2.38. The Labute approximate surface area is 151 Å². The van der Waals surface area contributed by atoms with Crippen LogP contribution in [-0.4, -0.2) is 18.6 Å². The number of rotatable bonds is 5. The van der Waals surface area contributed by atoms with Gasteiger partial charge < -0.3 is 4.42 Å². The van der Waals surface area contributed by atoms with Gasteiger partial charge in [-0.15, -0.1) is 21.5 Å². The van der Waals surface area contributed by atoms with Crippen LogP contribution in [0.3, 0.4) is 0 Å². The van der Waals surface area contributed by atoms with Crippen molar-refractivity contribution in [2.45, 2.75) is 29.4 Å². The molecular weight excluding hydrogens is 384 g/mol. The van der Waals surface area contributed by atoms with Gasteiger partial charge in [0.05, 0.1) is 10.6 Å². The number of aromatic nitrogens is 2. The highest BCUT2D eigenvalue weighted by molar-refractivity contribution is 7.94. The molecule has 0 amide bonds. The molecule has 1 aromatic carbocycles. The van der Waals surface area contributed by atoms with Gasteiger partial charge in [0, 0.05) is 12.0 Å². The van der Waals surface area contributed by atoms with Gasteiger partial charge in [0.15, 0.2) is 0 Å². The maximum Gasteiger partial charge on any atom is 0.271 e. The topological polar surface area (TPSA) is 85.1 Å². The van der Waals surface area contributed by atoms with E-state index in [1.807, 2.05) is 0 Å². The number of thiophene rings is 1. The molecule has 3 aromatic rings. The number of anilines is 1. The predicted molar refractivity (Wildman–Crippen MR) is 91.4 cm³/mol. The Morgan fingerprint density at radius 3 is 2.65 bits per heavy atom. The Morgan fingerprint density at radius 2 is 1.96 bits per heavy atom. The second kappa shape index (κ2) is 6.44. The summed E-state index contributed by atoms with van der Waals surface area (Å²) < 4.78 is 59.2. The average molecular weight is 397 g/mol. The smallest absolute Gasteiger partial charge is 0.271 e. The number of hydrogen-bond donors (Lipinski definition) is 1. The van der Waals surface area contributed by atoms with Gasteiger partial charge >= 0.3 is 0 Å². The summed E-state index contributed by atoms with van der Waals surface area (Å²) >= 11 is 0.929. The van der Waals surface area contributed by atoms with Crippen molar-refractivity contribution in [2.24, 2.45) is 0 Å². The lowest BCUT2D eigenvalue weighted by atomic mass is 9.85. The molecule has 0 atom stereocenters. The van der Waals surface area contributed by atoms with Crippen molar-refractivity contribution >= 4 is 27.0 Å². The molecular formula is C16H13F2N3O3S2. The van der Waals surface area contributed by atoms with E-state index in [2.05, 4.69) is 14.9 Å². The van der Waals surface area contributed by atoms with Crippen LogP contribution >= 0.6 is 11.3 Å². The Hall–Kier alpha value is -2.33. The normalized spacial score (nSPS) is 15.0. The molecule has 1 aliphatic carbocycles. The third-order valence-electron chi connectivity index (χ3n) is 4.13. The van der Waals surface area contributed by atoms with Crippen molar-refractivity contribution in [3.63, 3.8) is 0 Å². The van der Waals surface area contributed by atoms with Crippen LogP contribution in [0.25, 0.3) is 10.8 Å². The molecule has 6 nitrogen and oxygen atoms in total. The zero-order chi connectivity index (χ0) is 18.3. The first-order chi connectivity index (χ1) is 12.4. The van der Waals surface area contributed by atoms with Crippen molar-refractivity contribution in [3.05, 3.63) is 47.9 Å². The van der Waals surface area contributed by atoms with E-state index in [0.29, 0.717) is 16.8 Å². The minimum atomic E-state index is -4.02. The van der Waals surface area contributed by atoms with Crippen LogP contribution in [0.1, 0.15) is 31.1 Å². The van der Waals surface area contributed by atoms with Crippen molar-refractivity contribution in [2.75, 3.05) is 4.72 Å². The van der Waals surface area contributed by atoms with Crippen LogP contribution in [0.5, 0.6) is 0 Å². The quantitative estimate of drug-likeness (QED) is 0.699. The molecule has 1 N–H and O–H groups in total. The van der Waals surface area contributed by atoms with Gasteiger partial charge in [-0.3, -0.25) is 4.72 Å². The molecule has 0 radical (unpaired) electrons. The fourth-order valence-electron chi connectivity index (χ4n) is 2.50. The Bertz CT molecular complexity index is 1060. The molecule has 2 heterocycles. The monoisotopic (exact) mass is 397 g/mol. The first-order valence-corrected chi connectivity index (χ1v) is 10.1. The zero-order valence-electron chi connectivity index (χ0n) is 13.3. The second-order valence-electron chi connectivity index (χ2n) is 5.92. The number of hydrogen-bond acceptors (Lipinski definition) is 6. The Balaban J connectivity index is 1.57. The fraction of sp³-hybridized carbons (Fsp3) is 0.250. The highest BCUT2D eigenvalue weighted by atomic mass is 32.2. The van der Waals surface area contributed by atoms with E-state index in [0.717, 1.165) is 42.7 Å². The van der Waals surface area contributed by atoms with Crippen LogP contribution in [0, 0.1) is 11.6 Å². The molecule has 1 saturated carbocycles. The number of nitrogens with zero attached hydrogens (tertiary/aromatic N) is 2. The third kappa shape index (κ3) is 3.21. The van der Waals surface area contributed by atoms with Crippen molar-refractivity contribution in [1.29, 1.82) is 0 Å². The summed E-state index contributed by atoms with van der Waals surface area (Å²) in [6.45, 7) is 0. The molecule has 2 aromatic heterocycles. The van der Waals surface area contributed by atoms with Gasteiger partial charge in [-0.25, -0.2) is 17.2 Å². The molecule has 0 spiro atoms. The van der Waals surface area contributed by atoms with Crippen LogP contribution in [-0.2, 0) is 10.0 Å². The molecule has 1 aliphatic rings. The van der Waals surface area contributed by atoms with Crippen molar-refractivity contribution in [3.8, 4) is 10.8 Å². The molecule has 10 heteroatoms. The lowest BCUT2D eigenvalue weighted by Crippen LogP contribution is -2.12. The summed E-state index contributed by atoms with van der Waals surface area (Å²) in [6, 6.07) is 5.54. The average Bonchev–Trinajstić information content (AvgIpc) is 3.17. The van der Waals surface area contributed by atoms with Crippen molar-refractivity contribution < 1.29 is 21.6 Å². The van der Waals surface area contributed by atoms with Gasteiger partial charge in [0.1, 0.15) is 15.8 Å². The molecule has 0 bridgehead atoms. The van der Waals surface area contributed by atoms with Crippen LogP contribution in [0.15, 0.2) is 39.0 Å². The number of sulfonamides is 1. The molecule has 136 valence electrons. The van der Waals surface area contributed by atoms with Gasteiger partial charge in [-0.05, 0) is 37.1 Å². The lowest BCUT2D eigenvalue weighted by molar-refractivity contribution is 0.338. The Morgan fingerprint density at radius 1 is 1.15 bits per heavy atom. The summed E-state index contributed by atoms with van der Waals surface area (Å²) in [5.74, 6) is -0.681. The summed E-state index contributed by atoms with van der Waals surface area (Å²) in [4.78, 5) is 0.503. The summed E-state index contributed by atoms with van der Waals surface area (Å²) in [5, 5.41) is 7.98. The summed E-state index contributed by atoms with van der Waals surface area (Å²) in [5.41, 5.74) is -0.327. The lowest BCUT2D eigenvalue weighted by Gasteiger charge is -2.20. The zero-order valence-corrected chi connectivity index (χ0v) is 14.9. The van der Waals surface area contributed by atoms with Gasteiger partial charge in [-0.1, -0.05) is 6.42 Å². The van der Waals surface area contributed by atoms with E-state index in [1.54, 1.807) is 6.07 Å². The van der Waals surface area contributed by atoms with Gasteiger partial charge in [0.2, 0.25) is 5.89 Å². The Kier molecular flexibility index (Phi) is 4.23. The van der Waals surface area contributed by atoms with E-state index in [1.165, 1.54) is 6.07 Å². The van der Waals surface area contributed by atoms with Gasteiger partial charge in [0.25, 0.3) is 15.9 Å². The molecule has 0 saturated heterocycles. The fourth-order valence-corrected chi connectivity index (χ4v) is 4.80. The number of halogens is 2. The minimum absolute atomic E-state index is 0.0420. The maximum absolute atomic E-state index is 13.7. The minimum Gasteiger partial charge on any atom is -0.420 e. The first kappa shape index (κ1) is 17.1. The summed E-state index contributed by atoms with van der Waals surface area (Å²) in [7, 11) is -4.02. The van der Waals surface area contributed by atoms with E-state index in [-0.39, 0.29) is 21.7 Å². The first-order valence-electron chi connectivity index (χ1n) is 7.84. The van der Waals surface area contributed by atoms with Crippen LogP contribution in [0.2, 0.25) is 0 Å². The molecule has 0 unspecified atom stereocenters. The molecule has 1 fully saturated rings.